The van der Waals surface area contributed by atoms with Crippen molar-refractivity contribution in [3.8, 4) is 5.75 Å². The van der Waals surface area contributed by atoms with E-state index in [-0.39, 0.29) is 5.75 Å². The molecular formula is C10H11FN4OS. The van der Waals surface area contributed by atoms with E-state index in [1.165, 1.54) is 24.2 Å². The number of nitrogen functional groups attached to an aromatic ring is 1. The Labute approximate surface area is 102 Å². The smallest absolute Gasteiger partial charge is 0.188 e. The maximum atomic E-state index is 13.4. The van der Waals surface area contributed by atoms with Gasteiger partial charge < -0.3 is 10.5 Å². The predicted octanol–water partition coefficient (Wildman–Crippen LogP) is 2.08. The fraction of sp³-hybridized carbons (Fsp3) is 0.200. The molecule has 0 atom stereocenters. The van der Waals surface area contributed by atoms with E-state index in [0.717, 1.165) is 0 Å². The molecule has 0 amide bonds. The number of benzene rings is 1. The Hall–Kier alpha value is -1.76. The molecule has 7 heteroatoms. The third kappa shape index (κ3) is 2.68. The van der Waals surface area contributed by atoms with Gasteiger partial charge in [0.05, 0.1) is 6.61 Å². The number of aromatic nitrogens is 3. The van der Waals surface area contributed by atoms with Crippen LogP contribution in [0.2, 0.25) is 0 Å². The Morgan fingerprint density at radius 1 is 1.53 bits per heavy atom. The maximum absolute atomic E-state index is 13.4. The second kappa shape index (κ2) is 5.05. The Bertz CT molecular complexity index is 503. The van der Waals surface area contributed by atoms with Crippen molar-refractivity contribution in [2.24, 2.45) is 0 Å². The van der Waals surface area contributed by atoms with Gasteiger partial charge in [-0.25, -0.2) is 9.37 Å². The normalized spacial score (nSPS) is 10.5. The molecule has 0 aliphatic rings. The van der Waals surface area contributed by atoms with Crippen LogP contribution < -0.4 is 10.5 Å². The Kier molecular flexibility index (Phi) is 3.48. The fourth-order valence-corrected chi connectivity index (χ4v) is 2.00. The van der Waals surface area contributed by atoms with E-state index in [1.807, 2.05) is 0 Å². The summed E-state index contributed by atoms with van der Waals surface area (Å²) in [5.41, 5.74) is 6.06. The molecule has 1 aromatic heterocycles. The maximum Gasteiger partial charge on any atom is 0.188 e. The van der Waals surface area contributed by atoms with Crippen molar-refractivity contribution < 1.29 is 9.13 Å². The topological polar surface area (TPSA) is 76.8 Å². The van der Waals surface area contributed by atoms with Crippen molar-refractivity contribution in [2.75, 3.05) is 12.3 Å². The number of aromatic amines is 1. The lowest BCUT2D eigenvalue weighted by Crippen LogP contribution is -1.98. The molecule has 0 aliphatic heterocycles. The van der Waals surface area contributed by atoms with Crippen LogP contribution >= 0.6 is 11.8 Å². The van der Waals surface area contributed by atoms with Crippen molar-refractivity contribution in [3.63, 3.8) is 0 Å². The number of H-pyrrole nitrogens is 1. The first-order chi connectivity index (χ1) is 8.20. The third-order valence-electron chi connectivity index (χ3n) is 1.96. The minimum absolute atomic E-state index is 0.184. The second-order valence-corrected chi connectivity index (χ2v) is 4.18. The molecule has 0 spiro atoms. The zero-order chi connectivity index (χ0) is 12.3. The number of halogens is 1. The van der Waals surface area contributed by atoms with E-state index < -0.39 is 5.82 Å². The molecule has 2 aromatic rings. The molecule has 5 nitrogen and oxygen atoms in total. The van der Waals surface area contributed by atoms with Gasteiger partial charge in [-0.05, 0) is 24.8 Å². The first-order valence-electron chi connectivity index (χ1n) is 4.95. The third-order valence-corrected chi connectivity index (χ3v) is 2.93. The van der Waals surface area contributed by atoms with Gasteiger partial charge in [-0.1, -0.05) is 0 Å². The molecule has 3 N–H and O–H groups in total. The van der Waals surface area contributed by atoms with E-state index in [2.05, 4.69) is 15.2 Å². The average Bonchev–Trinajstić information content (AvgIpc) is 2.78. The molecule has 0 fully saturated rings. The van der Waals surface area contributed by atoms with Gasteiger partial charge in [0.2, 0.25) is 0 Å². The molecule has 0 saturated heterocycles. The Balaban J connectivity index is 2.29. The lowest BCUT2D eigenvalue weighted by molar-refractivity contribution is 0.321. The van der Waals surface area contributed by atoms with Gasteiger partial charge in [0.25, 0.3) is 0 Å². The Morgan fingerprint density at radius 3 is 3.00 bits per heavy atom. The fourth-order valence-electron chi connectivity index (χ4n) is 1.25. The summed E-state index contributed by atoms with van der Waals surface area (Å²) in [6.07, 6.45) is 1.39. The molecule has 0 saturated carbocycles. The van der Waals surface area contributed by atoms with Crippen LogP contribution in [0.4, 0.5) is 10.1 Å². The second-order valence-electron chi connectivity index (χ2n) is 3.15. The van der Waals surface area contributed by atoms with Crippen LogP contribution in [0, 0.1) is 5.82 Å². The number of rotatable bonds is 4. The van der Waals surface area contributed by atoms with E-state index in [4.69, 9.17) is 10.5 Å². The summed E-state index contributed by atoms with van der Waals surface area (Å²) in [5.74, 6) is -0.282. The van der Waals surface area contributed by atoms with E-state index >= 15 is 0 Å². The van der Waals surface area contributed by atoms with Crippen molar-refractivity contribution >= 4 is 17.4 Å². The van der Waals surface area contributed by atoms with Gasteiger partial charge in [-0.3, -0.25) is 5.10 Å². The number of nitrogens with one attached hydrogen (secondary N) is 1. The average molecular weight is 254 g/mol. The molecule has 0 unspecified atom stereocenters. The minimum atomic E-state index is -0.466. The molecule has 2 rings (SSSR count). The van der Waals surface area contributed by atoms with Gasteiger partial charge in [0.1, 0.15) is 6.33 Å². The van der Waals surface area contributed by atoms with Crippen LogP contribution in [0.15, 0.2) is 28.5 Å². The highest BCUT2D eigenvalue weighted by Crippen LogP contribution is 2.34. The first-order valence-corrected chi connectivity index (χ1v) is 5.77. The summed E-state index contributed by atoms with van der Waals surface area (Å²) >= 11 is 1.27. The monoisotopic (exact) mass is 254 g/mol. The van der Waals surface area contributed by atoms with Crippen molar-refractivity contribution in [1.29, 1.82) is 0 Å². The van der Waals surface area contributed by atoms with E-state index in [9.17, 15) is 4.39 Å². The number of nitrogens with zero attached hydrogens (tertiary/aromatic N) is 2. The van der Waals surface area contributed by atoms with E-state index in [0.29, 0.717) is 22.3 Å². The van der Waals surface area contributed by atoms with Crippen LogP contribution in [0.3, 0.4) is 0 Å². The lowest BCUT2D eigenvalue weighted by atomic mass is 10.3. The number of nitrogens with two attached hydrogens (primary N) is 1. The predicted molar refractivity (Wildman–Crippen MR) is 62.5 cm³/mol. The van der Waals surface area contributed by atoms with Crippen LogP contribution in [-0.2, 0) is 0 Å². The van der Waals surface area contributed by atoms with Gasteiger partial charge in [0.15, 0.2) is 16.7 Å². The number of hydrogen-bond acceptors (Lipinski definition) is 5. The number of hydrogen-bond donors (Lipinski definition) is 2. The zero-order valence-electron chi connectivity index (χ0n) is 9.11. The van der Waals surface area contributed by atoms with E-state index in [1.54, 1.807) is 13.0 Å². The highest BCUT2D eigenvalue weighted by Gasteiger charge is 2.11. The van der Waals surface area contributed by atoms with Crippen LogP contribution in [0.25, 0.3) is 0 Å². The molecule has 17 heavy (non-hydrogen) atoms. The number of ether oxygens (including phenoxy) is 1. The van der Waals surface area contributed by atoms with Crippen molar-refractivity contribution in [1.82, 2.24) is 15.2 Å². The summed E-state index contributed by atoms with van der Waals surface area (Å²) in [6.45, 7) is 2.19. The van der Waals surface area contributed by atoms with Gasteiger partial charge in [0, 0.05) is 16.6 Å². The molecular weight excluding hydrogens is 243 g/mol. The van der Waals surface area contributed by atoms with Crippen molar-refractivity contribution in [3.05, 3.63) is 24.3 Å². The lowest BCUT2D eigenvalue weighted by Gasteiger charge is -2.08. The standard InChI is InChI=1S/C10H11FN4OS/c1-2-16-8-4-9(7(12)3-6(8)11)17-10-13-5-14-15-10/h3-5H,2,12H2,1H3,(H,13,14,15). The van der Waals surface area contributed by atoms with Gasteiger partial charge in [-0.2, -0.15) is 5.10 Å². The van der Waals surface area contributed by atoms with Gasteiger partial charge >= 0.3 is 0 Å². The summed E-state index contributed by atoms with van der Waals surface area (Å²) in [5, 5.41) is 7.00. The molecule has 90 valence electrons. The first kappa shape index (κ1) is 11.7. The summed E-state index contributed by atoms with van der Waals surface area (Å²) in [4.78, 5) is 4.63. The molecule has 0 bridgehead atoms. The molecule has 1 heterocycles. The number of anilines is 1. The highest BCUT2D eigenvalue weighted by molar-refractivity contribution is 7.99. The summed E-state index contributed by atoms with van der Waals surface area (Å²) in [7, 11) is 0. The SMILES string of the molecule is CCOc1cc(Sc2ncn[nH]2)c(N)cc1F. The molecule has 1 aromatic carbocycles. The Morgan fingerprint density at radius 2 is 2.35 bits per heavy atom. The molecule has 0 aliphatic carbocycles. The van der Waals surface area contributed by atoms with Crippen molar-refractivity contribution in [2.45, 2.75) is 17.0 Å². The van der Waals surface area contributed by atoms with Gasteiger partial charge in [-0.15, -0.1) is 0 Å². The minimum Gasteiger partial charge on any atom is -0.491 e. The van der Waals surface area contributed by atoms with Crippen LogP contribution in [-0.4, -0.2) is 21.8 Å². The summed E-state index contributed by atoms with van der Waals surface area (Å²) < 4.78 is 18.6. The largest absolute Gasteiger partial charge is 0.491 e. The highest BCUT2D eigenvalue weighted by atomic mass is 32.2. The summed E-state index contributed by atoms with van der Waals surface area (Å²) in [6, 6.07) is 2.80. The molecule has 0 radical (unpaired) electrons. The van der Waals surface area contributed by atoms with Crippen LogP contribution in [0.1, 0.15) is 6.92 Å². The quantitative estimate of drug-likeness (QED) is 0.817. The van der Waals surface area contributed by atoms with Crippen LogP contribution in [0.5, 0.6) is 5.75 Å². The zero-order valence-corrected chi connectivity index (χ0v) is 9.92.